The standard InChI is InChI=1S/C21H29NO3/c1-12(23)22-19-18(25)11-17-15-5-4-13-10-14(24)6-8-20(13,2)16(15)7-9-21(17,19)3/h10,15-17,19H,4-9,11H2,1-3H3,(H,22,23)/t15-,16+,17+,19+,20+,21-/m0/s1. The summed E-state index contributed by atoms with van der Waals surface area (Å²) in [6.07, 6.45) is 8.33. The van der Waals surface area contributed by atoms with Crippen molar-refractivity contribution in [1.82, 2.24) is 5.32 Å². The van der Waals surface area contributed by atoms with Gasteiger partial charge in [0.2, 0.25) is 5.91 Å². The minimum Gasteiger partial charge on any atom is -0.346 e. The number of allylic oxidation sites excluding steroid dienone is 1. The second-order valence-electron chi connectivity index (χ2n) is 9.32. The summed E-state index contributed by atoms with van der Waals surface area (Å²) in [5, 5.41) is 2.95. The van der Waals surface area contributed by atoms with Crippen LogP contribution in [0.1, 0.15) is 65.7 Å². The molecule has 4 rings (SSSR count). The van der Waals surface area contributed by atoms with Crippen LogP contribution < -0.4 is 5.32 Å². The third-order valence-electron chi connectivity index (χ3n) is 8.15. The minimum atomic E-state index is -0.311. The van der Waals surface area contributed by atoms with E-state index in [9.17, 15) is 14.4 Å². The normalized spacial score (nSPS) is 46.0. The van der Waals surface area contributed by atoms with E-state index in [-0.39, 0.29) is 34.3 Å². The number of ketones is 2. The quantitative estimate of drug-likeness (QED) is 0.795. The molecule has 0 bridgehead atoms. The molecule has 0 aromatic heterocycles. The number of fused-ring (bicyclic) bond motifs is 5. The summed E-state index contributed by atoms with van der Waals surface area (Å²) in [5.74, 6) is 1.88. The summed E-state index contributed by atoms with van der Waals surface area (Å²) in [6.45, 7) is 6.08. The minimum absolute atomic E-state index is 0.103. The lowest BCUT2D eigenvalue weighted by molar-refractivity contribution is -0.127. The molecule has 6 atom stereocenters. The molecule has 0 saturated heterocycles. The molecule has 0 aromatic rings. The monoisotopic (exact) mass is 343 g/mol. The summed E-state index contributed by atoms with van der Waals surface area (Å²) in [7, 11) is 0. The van der Waals surface area contributed by atoms with Gasteiger partial charge in [-0.25, -0.2) is 0 Å². The van der Waals surface area contributed by atoms with Crippen molar-refractivity contribution in [3.05, 3.63) is 11.6 Å². The fraction of sp³-hybridized carbons (Fsp3) is 0.762. The Morgan fingerprint density at radius 1 is 1.12 bits per heavy atom. The summed E-state index contributed by atoms with van der Waals surface area (Å²) < 4.78 is 0. The predicted octanol–water partition coefficient (Wildman–Crippen LogP) is 3.20. The van der Waals surface area contributed by atoms with Crippen molar-refractivity contribution in [1.29, 1.82) is 0 Å². The molecule has 1 amide bonds. The van der Waals surface area contributed by atoms with Gasteiger partial charge in [0.15, 0.2) is 11.6 Å². The highest BCUT2D eigenvalue weighted by molar-refractivity contribution is 5.92. The van der Waals surface area contributed by atoms with E-state index in [2.05, 4.69) is 19.2 Å². The number of carbonyl (C=O) groups is 3. The van der Waals surface area contributed by atoms with Gasteiger partial charge in [-0.3, -0.25) is 14.4 Å². The van der Waals surface area contributed by atoms with Gasteiger partial charge in [-0.2, -0.15) is 0 Å². The highest BCUT2D eigenvalue weighted by Crippen LogP contribution is 2.64. The molecule has 136 valence electrons. The topological polar surface area (TPSA) is 63.2 Å². The Bertz CT molecular complexity index is 681. The first-order chi connectivity index (χ1) is 11.8. The zero-order valence-electron chi connectivity index (χ0n) is 15.6. The van der Waals surface area contributed by atoms with E-state index < -0.39 is 0 Å². The zero-order valence-corrected chi connectivity index (χ0v) is 15.6. The molecule has 0 heterocycles. The van der Waals surface area contributed by atoms with Gasteiger partial charge in [0.05, 0.1) is 6.04 Å². The molecule has 3 saturated carbocycles. The van der Waals surface area contributed by atoms with Crippen molar-refractivity contribution in [3.8, 4) is 0 Å². The highest BCUT2D eigenvalue weighted by Gasteiger charge is 2.61. The van der Waals surface area contributed by atoms with E-state index in [0.717, 1.165) is 32.1 Å². The number of hydrogen-bond donors (Lipinski definition) is 1. The molecule has 3 fully saturated rings. The van der Waals surface area contributed by atoms with Crippen molar-refractivity contribution < 1.29 is 14.4 Å². The SMILES string of the molecule is CC(=O)N[C@@H]1C(=O)C[C@@H]2[C@H]3CCC4=CC(=O)CC[C@@]4(C)[C@@H]3CC[C@]12C. The van der Waals surface area contributed by atoms with Crippen LogP contribution in [0.4, 0.5) is 0 Å². The number of hydrogen-bond acceptors (Lipinski definition) is 3. The Kier molecular flexibility index (Phi) is 3.75. The highest BCUT2D eigenvalue weighted by atomic mass is 16.2. The molecule has 1 N–H and O–H groups in total. The molecule has 0 radical (unpaired) electrons. The molecule has 0 aliphatic heterocycles. The summed E-state index contributed by atoms with van der Waals surface area (Å²) in [5.41, 5.74) is 1.38. The molecular weight excluding hydrogens is 314 g/mol. The largest absolute Gasteiger partial charge is 0.346 e. The Hall–Kier alpha value is -1.45. The van der Waals surface area contributed by atoms with E-state index in [1.165, 1.54) is 12.5 Å². The first kappa shape index (κ1) is 17.0. The maximum Gasteiger partial charge on any atom is 0.217 e. The van der Waals surface area contributed by atoms with Crippen LogP contribution in [0.3, 0.4) is 0 Å². The maximum atomic E-state index is 12.7. The smallest absolute Gasteiger partial charge is 0.217 e. The van der Waals surface area contributed by atoms with Crippen LogP contribution in [0.25, 0.3) is 0 Å². The van der Waals surface area contributed by atoms with Crippen LogP contribution >= 0.6 is 0 Å². The van der Waals surface area contributed by atoms with Crippen LogP contribution in [-0.2, 0) is 14.4 Å². The number of Topliss-reactive ketones (excluding diaryl/α,β-unsaturated/α-hetero) is 1. The van der Waals surface area contributed by atoms with Gasteiger partial charge in [0, 0.05) is 19.8 Å². The summed E-state index contributed by atoms with van der Waals surface area (Å²) >= 11 is 0. The molecule has 25 heavy (non-hydrogen) atoms. The van der Waals surface area contributed by atoms with Gasteiger partial charge in [-0.1, -0.05) is 19.4 Å². The molecule has 0 spiro atoms. The number of carbonyl (C=O) groups excluding carboxylic acids is 3. The molecule has 4 nitrogen and oxygen atoms in total. The van der Waals surface area contributed by atoms with Crippen LogP contribution in [0.2, 0.25) is 0 Å². The number of nitrogens with one attached hydrogen (secondary N) is 1. The first-order valence-corrected chi connectivity index (χ1v) is 9.79. The van der Waals surface area contributed by atoms with Crippen LogP contribution in [-0.4, -0.2) is 23.5 Å². The third-order valence-corrected chi connectivity index (χ3v) is 8.15. The third kappa shape index (κ3) is 2.36. The molecule has 0 unspecified atom stereocenters. The average molecular weight is 343 g/mol. The van der Waals surface area contributed by atoms with Gasteiger partial charge in [-0.05, 0) is 66.8 Å². The van der Waals surface area contributed by atoms with Crippen LogP contribution in [0.5, 0.6) is 0 Å². The molecule has 4 aliphatic carbocycles. The second-order valence-corrected chi connectivity index (χ2v) is 9.32. The Morgan fingerprint density at radius 3 is 2.60 bits per heavy atom. The van der Waals surface area contributed by atoms with Gasteiger partial charge >= 0.3 is 0 Å². The van der Waals surface area contributed by atoms with Gasteiger partial charge < -0.3 is 5.32 Å². The lowest BCUT2D eigenvalue weighted by Gasteiger charge is -2.57. The van der Waals surface area contributed by atoms with Crippen molar-refractivity contribution in [2.45, 2.75) is 71.8 Å². The molecular formula is C21H29NO3. The fourth-order valence-electron chi connectivity index (χ4n) is 6.80. The lowest BCUT2D eigenvalue weighted by Crippen LogP contribution is -2.54. The number of amides is 1. The predicted molar refractivity (Wildman–Crippen MR) is 94.7 cm³/mol. The summed E-state index contributed by atoms with van der Waals surface area (Å²) in [6, 6.07) is -0.311. The number of rotatable bonds is 1. The van der Waals surface area contributed by atoms with Crippen LogP contribution in [0.15, 0.2) is 11.6 Å². The molecule has 4 aliphatic rings. The summed E-state index contributed by atoms with van der Waals surface area (Å²) in [4.78, 5) is 36.2. The maximum absolute atomic E-state index is 12.7. The van der Waals surface area contributed by atoms with Crippen LogP contribution in [0, 0.1) is 28.6 Å². The van der Waals surface area contributed by atoms with Gasteiger partial charge in [0.1, 0.15) is 0 Å². The fourth-order valence-corrected chi connectivity index (χ4v) is 6.80. The first-order valence-electron chi connectivity index (χ1n) is 9.79. The molecule has 0 aromatic carbocycles. The van der Waals surface area contributed by atoms with E-state index in [4.69, 9.17) is 0 Å². The lowest BCUT2D eigenvalue weighted by atomic mass is 9.47. The second kappa shape index (κ2) is 5.52. The van der Waals surface area contributed by atoms with E-state index in [1.807, 2.05) is 6.08 Å². The van der Waals surface area contributed by atoms with E-state index in [1.54, 1.807) is 0 Å². The Balaban J connectivity index is 1.66. The van der Waals surface area contributed by atoms with Crippen molar-refractivity contribution >= 4 is 17.5 Å². The van der Waals surface area contributed by atoms with Crippen molar-refractivity contribution in [2.24, 2.45) is 28.6 Å². The Labute approximate surface area is 149 Å². The van der Waals surface area contributed by atoms with E-state index >= 15 is 0 Å². The van der Waals surface area contributed by atoms with Gasteiger partial charge in [-0.15, -0.1) is 0 Å². The molecule has 4 heteroatoms. The van der Waals surface area contributed by atoms with Crippen molar-refractivity contribution in [3.63, 3.8) is 0 Å². The van der Waals surface area contributed by atoms with Crippen molar-refractivity contribution in [2.75, 3.05) is 0 Å². The Morgan fingerprint density at radius 2 is 1.88 bits per heavy atom. The van der Waals surface area contributed by atoms with E-state index in [0.29, 0.717) is 30.6 Å². The van der Waals surface area contributed by atoms with Gasteiger partial charge in [0.25, 0.3) is 0 Å². The average Bonchev–Trinajstić information content (AvgIpc) is 2.79. The zero-order chi connectivity index (χ0) is 18.0.